The molecular weight excluding hydrogens is 156 g/mol. The molecule has 0 atom stereocenters. The molecule has 0 aromatic carbocycles. The van der Waals surface area contributed by atoms with E-state index in [1.807, 2.05) is 0 Å². The van der Waals surface area contributed by atoms with Crippen molar-refractivity contribution in [2.45, 2.75) is 12.8 Å². The molecule has 44 valence electrons. The van der Waals surface area contributed by atoms with Crippen LogP contribution < -0.4 is 10.1 Å². The summed E-state index contributed by atoms with van der Waals surface area (Å²) >= 11 is 3.09. The number of hydrogen-bond donors (Lipinski definition) is 2. The Bertz CT molecular complexity index is 28.9. The van der Waals surface area contributed by atoms with Crippen LogP contribution in [0.3, 0.4) is 0 Å². The average Bonchev–Trinajstić information content (AvgIpc) is 1.69. The van der Waals surface area contributed by atoms with Gasteiger partial charge in [0, 0.05) is 22.7 Å². The predicted molar refractivity (Wildman–Crippen MR) is 35.2 cm³/mol. The second-order valence-electron chi connectivity index (χ2n) is 1.38. The fourth-order valence-corrected chi connectivity index (χ4v) is 0.617. The highest BCUT2D eigenvalue weighted by Crippen LogP contribution is 1.82. The maximum absolute atomic E-state index is 5.23. The zero-order chi connectivity index (χ0) is 5.54. The molecule has 0 rings (SSSR count). The third-order valence-electron chi connectivity index (χ3n) is 0.725. The average molecular weight is 167 g/mol. The standard InChI is InChI=1S/C4H11BrN2/c5-7-4-2-1-3-6/h7H,1-4,6H2. The lowest BCUT2D eigenvalue weighted by Gasteiger charge is -1.91. The molecule has 7 heavy (non-hydrogen) atoms. The topological polar surface area (TPSA) is 38.0 Å². The maximum Gasteiger partial charge on any atom is 0.00875 e. The molecule has 3 heteroatoms. The molecule has 0 unspecified atom stereocenters. The van der Waals surface area contributed by atoms with Crippen LogP contribution >= 0.6 is 16.1 Å². The third-order valence-corrected chi connectivity index (χ3v) is 1.12. The van der Waals surface area contributed by atoms with E-state index < -0.39 is 0 Å². The molecule has 0 spiro atoms. The molecule has 0 aliphatic carbocycles. The van der Waals surface area contributed by atoms with Crippen molar-refractivity contribution >= 4 is 16.1 Å². The van der Waals surface area contributed by atoms with Gasteiger partial charge in [0.1, 0.15) is 0 Å². The number of nitrogens with one attached hydrogen (secondary N) is 1. The maximum atomic E-state index is 5.23. The normalized spacial score (nSPS) is 9.43. The van der Waals surface area contributed by atoms with E-state index in [0.29, 0.717) is 0 Å². The Kier molecular flexibility index (Phi) is 6.77. The van der Waals surface area contributed by atoms with Gasteiger partial charge < -0.3 is 5.73 Å². The largest absolute Gasteiger partial charge is 0.330 e. The first-order valence-electron chi connectivity index (χ1n) is 2.45. The molecule has 0 saturated heterocycles. The van der Waals surface area contributed by atoms with E-state index in [-0.39, 0.29) is 0 Å². The molecule has 0 bridgehead atoms. The zero-order valence-electron chi connectivity index (χ0n) is 4.28. The molecule has 0 heterocycles. The number of halogens is 1. The summed E-state index contributed by atoms with van der Waals surface area (Å²) in [6, 6.07) is 0. The van der Waals surface area contributed by atoms with Gasteiger partial charge in [-0.2, -0.15) is 0 Å². The smallest absolute Gasteiger partial charge is 0.00875 e. The fraction of sp³-hybridized carbons (Fsp3) is 1.00. The molecule has 0 aromatic rings. The minimum atomic E-state index is 0.800. The van der Waals surface area contributed by atoms with Crippen molar-refractivity contribution in [2.24, 2.45) is 5.73 Å². The van der Waals surface area contributed by atoms with E-state index in [4.69, 9.17) is 5.73 Å². The first kappa shape index (κ1) is 7.40. The SMILES string of the molecule is NCCCCNBr. The van der Waals surface area contributed by atoms with Crippen LogP contribution in [0.5, 0.6) is 0 Å². The molecule has 0 aliphatic heterocycles. The van der Waals surface area contributed by atoms with E-state index in [1.54, 1.807) is 0 Å². The van der Waals surface area contributed by atoms with E-state index in [9.17, 15) is 0 Å². The van der Waals surface area contributed by atoms with Gasteiger partial charge in [-0.1, -0.05) is 0 Å². The van der Waals surface area contributed by atoms with E-state index in [2.05, 4.69) is 20.5 Å². The fourth-order valence-electron chi connectivity index (χ4n) is 0.336. The molecule has 0 amide bonds. The van der Waals surface area contributed by atoms with Crippen LogP contribution in [0.2, 0.25) is 0 Å². The van der Waals surface area contributed by atoms with Gasteiger partial charge in [0.05, 0.1) is 0 Å². The van der Waals surface area contributed by atoms with Crippen molar-refractivity contribution in [1.29, 1.82) is 0 Å². The highest BCUT2D eigenvalue weighted by molar-refractivity contribution is 9.08. The third kappa shape index (κ3) is 6.40. The number of rotatable bonds is 4. The Hall–Kier alpha value is 0.400. The lowest BCUT2D eigenvalue weighted by molar-refractivity contribution is 0.738. The van der Waals surface area contributed by atoms with Crippen molar-refractivity contribution in [2.75, 3.05) is 13.1 Å². The lowest BCUT2D eigenvalue weighted by Crippen LogP contribution is -2.04. The van der Waals surface area contributed by atoms with Gasteiger partial charge in [-0.3, -0.25) is 4.34 Å². The molecule has 0 aliphatic rings. The van der Waals surface area contributed by atoms with E-state index in [1.165, 1.54) is 0 Å². The summed E-state index contributed by atoms with van der Waals surface area (Å²) in [5.41, 5.74) is 5.23. The Balaban J connectivity index is 2.45. The summed E-state index contributed by atoms with van der Waals surface area (Å²) in [7, 11) is 0. The number of nitrogens with two attached hydrogens (primary N) is 1. The summed E-state index contributed by atoms with van der Waals surface area (Å²) < 4.78 is 2.86. The molecular formula is C4H11BrN2. The summed E-state index contributed by atoms with van der Waals surface area (Å²) in [6.07, 6.45) is 2.26. The molecule has 0 fully saturated rings. The van der Waals surface area contributed by atoms with Gasteiger partial charge in [0.2, 0.25) is 0 Å². The van der Waals surface area contributed by atoms with Crippen LogP contribution in [-0.2, 0) is 0 Å². The second kappa shape index (κ2) is 6.40. The zero-order valence-corrected chi connectivity index (χ0v) is 5.87. The van der Waals surface area contributed by atoms with Gasteiger partial charge in [0.25, 0.3) is 0 Å². The molecule has 3 N–H and O–H groups in total. The van der Waals surface area contributed by atoms with Crippen molar-refractivity contribution in [3.63, 3.8) is 0 Å². The van der Waals surface area contributed by atoms with Gasteiger partial charge in [-0.25, -0.2) is 0 Å². The van der Waals surface area contributed by atoms with Gasteiger partial charge in [-0.15, -0.1) is 0 Å². The summed E-state index contributed by atoms with van der Waals surface area (Å²) in [6.45, 7) is 1.81. The Morgan fingerprint density at radius 2 is 2.14 bits per heavy atom. The Morgan fingerprint density at radius 1 is 1.43 bits per heavy atom. The minimum absolute atomic E-state index is 0.800. The summed E-state index contributed by atoms with van der Waals surface area (Å²) in [4.78, 5) is 0. The van der Waals surface area contributed by atoms with Crippen molar-refractivity contribution in [1.82, 2.24) is 4.34 Å². The monoisotopic (exact) mass is 166 g/mol. The van der Waals surface area contributed by atoms with Crippen molar-refractivity contribution < 1.29 is 0 Å². The van der Waals surface area contributed by atoms with Crippen LogP contribution in [0.25, 0.3) is 0 Å². The van der Waals surface area contributed by atoms with Crippen LogP contribution in [-0.4, -0.2) is 13.1 Å². The second-order valence-corrected chi connectivity index (χ2v) is 1.94. The Morgan fingerprint density at radius 3 is 2.57 bits per heavy atom. The number of unbranched alkanes of at least 4 members (excludes halogenated alkanes) is 1. The van der Waals surface area contributed by atoms with Gasteiger partial charge >= 0.3 is 0 Å². The quantitative estimate of drug-likeness (QED) is 0.476. The van der Waals surface area contributed by atoms with E-state index >= 15 is 0 Å². The van der Waals surface area contributed by atoms with Crippen molar-refractivity contribution in [3.05, 3.63) is 0 Å². The van der Waals surface area contributed by atoms with Gasteiger partial charge in [0.15, 0.2) is 0 Å². The first-order chi connectivity index (χ1) is 3.41. The van der Waals surface area contributed by atoms with E-state index in [0.717, 1.165) is 25.9 Å². The van der Waals surface area contributed by atoms with Gasteiger partial charge in [-0.05, 0) is 19.4 Å². The molecule has 2 nitrogen and oxygen atoms in total. The van der Waals surface area contributed by atoms with Crippen molar-refractivity contribution in [3.8, 4) is 0 Å². The first-order valence-corrected chi connectivity index (χ1v) is 3.24. The highest BCUT2D eigenvalue weighted by atomic mass is 79.9. The molecule has 0 radical (unpaired) electrons. The van der Waals surface area contributed by atoms with Crippen LogP contribution in [0.1, 0.15) is 12.8 Å². The van der Waals surface area contributed by atoms with Crippen LogP contribution in [0.4, 0.5) is 0 Å². The summed E-state index contributed by atoms with van der Waals surface area (Å²) in [5.74, 6) is 0. The minimum Gasteiger partial charge on any atom is -0.330 e. The lowest BCUT2D eigenvalue weighted by atomic mass is 10.3. The molecule has 0 saturated carbocycles. The Labute approximate surface area is 52.8 Å². The highest BCUT2D eigenvalue weighted by Gasteiger charge is 1.79. The van der Waals surface area contributed by atoms with Crippen LogP contribution in [0, 0.1) is 0 Å². The summed E-state index contributed by atoms with van der Waals surface area (Å²) in [5, 5.41) is 0. The number of hydrogen-bond acceptors (Lipinski definition) is 2. The molecule has 0 aromatic heterocycles. The predicted octanol–water partition coefficient (Wildman–Crippen LogP) is 0.625. The van der Waals surface area contributed by atoms with Crippen LogP contribution in [0.15, 0.2) is 0 Å².